The van der Waals surface area contributed by atoms with Gasteiger partial charge in [-0.3, -0.25) is 9.97 Å². The van der Waals surface area contributed by atoms with Gasteiger partial charge in [-0.1, -0.05) is 6.07 Å². The summed E-state index contributed by atoms with van der Waals surface area (Å²) in [5.41, 5.74) is 15.0. The zero-order valence-corrected chi connectivity index (χ0v) is 17.1. The standard InChI is InChI=1S/C21H23FN8/c1-10-16(25-9-15(26-10)21(2,3)24)11-7-12(8-11)18-28-19-13-5-4-6-14(22)17(13)27-20(23)30(19)29-18/h4-6,9,11-12H,7-8,24H2,1-3H3,(H2,23,27)/t11-,12+. The molecule has 5 rings (SSSR count). The summed E-state index contributed by atoms with van der Waals surface area (Å²) >= 11 is 0. The molecule has 0 amide bonds. The van der Waals surface area contributed by atoms with Gasteiger partial charge in [-0.2, -0.15) is 4.52 Å². The van der Waals surface area contributed by atoms with Crippen molar-refractivity contribution < 1.29 is 4.39 Å². The number of hydrogen-bond donors (Lipinski definition) is 2. The SMILES string of the molecule is Cc1nc(C(C)(C)N)cnc1[C@H]1C[C@@H](c2nc3c4cccc(F)c4nc(N)n3n2)C1. The molecule has 1 saturated carbocycles. The van der Waals surface area contributed by atoms with E-state index >= 15 is 0 Å². The van der Waals surface area contributed by atoms with Crippen LogP contribution < -0.4 is 11.5 Å². The third-order valence-electron chi connectivity index (χ3n) is 5.83. The molecular formula is C21H23FN8. The van der Waals surface area contributed by atoms with Crippen molar-refractivity contribution in [2.45, 2.75) is 51.0 Å². The maximum Gasteiger partial charge on any atom is 0.223 e. The molecule has 8 nitrogen and oxygen atoms in total. The highest BCUT2D eigenvalue weighted by atomic mass is 19.1. The largest absolute Gasteiger partial charge is 0.368 e. The molecule has 0 bridgehead atoms. The minimum atomic E-state index is -0.519. The van der Waals surface area contributed by atoms with Gasteiger partial charge in [-0.15, -0.1) is 5.10 Å². The molecule has 4 N–H and O–H groups in total. The lowest BCUT2D eigenvalue weighted by Gasteiger charge is -2.33. The second kappa shape index (κ2) is 6.40. The van der Waals surface area contributed by atoms with Crippen molar-refractivity contribution in [1.29, 1.82) is 0 Å². The van der Waals surface area contributed by atoms with E-state index in [0.29, 0.717) is 22.8 Å². The smallest absolute Gasteiger partial charge is 0.223 e. The third-order valence-corrected chi connectivity index (χ3v) is 5.83. The number of aryl methyl sites for hydroxylation is 1. The number of halogens is 1. The Morgan fingerprint density at radius 3 is 2.60 bits per heavy atom. The van der Waals surface area contributed by atoms with Gasteiger partial charge in [0.2, 0.25) is 5.95 Å². The molecule has 1 fully saturated rings. The van der Waals surface area contributed by atoms with E-state index in [4.69, 9.17) is 11.5 Å². The summed E-state index contributed by atoms with van der Waals surface area (Å²) in [4.78, 5) is 18.1. The van der Waals surface area contributed by atoms with Crippen LogP contribution >= 0.6 is 0 Å². The van der Waals surface area contributed by atoms with Gasteiger partial charge in [0.05, 0.1) is 28.8 Å². The van der Waals surface area contributed by atoms with Crippen molar-refractivity contribution >= 4 is 22.5 Å². The average molecular weight is 406 g/mol. The summed E-state index contributed by atoms with van der Waals surface area (Å²) in [5, 5.41) is 5.15. The summed E-state index contributed by atoms with van der Waals surface area (Å²) in [6.07, 6.45) is 3.51. The first-order chi connectivity index (χ1) is 14.2. The fourth-order valence-electron chi connectivity index (χ4n) is 4.06. The summed E-state index contributed by atoms with van der Waals surface area (Å²) in [6.45, 7) is 5.81. The Balaban J connectivity index is 1.43. The Kier molecular flexibility index (Phi) is 4.01. The van der Waals surface area contributed by atoms with Gasteiger partial charge in [0.15, 0.2) is 11.5 Å². The maximum absolute atomic E-state index is 14.1. The van der Waals surface area contributed by atoms with E-state index in [1.54, 1.807) is 18.3 Å². The van der Waals surface area contributed by atoms with E-state index in [0.717, 1.165) is 29.9 Å². The molecule has 30 heavy (non-hydrogen) atoms. The van der Waals surface area contributed by atoms with Crippen LogP contribution in [0.5, 0.6) is 0 Å². The zero-order chi connectivity index (χ0) is 21.2. The lowest BCUT2D eigenvalue weighted by atomic mass is 9.72. The van der Waals surface area contributed by atoms with Crippen molar-refractivity contribution in [1.82, 2.24) is 29.5 Å². The molecular weight excluding hydrogens is 383 g/mol. The van der Waals surface area contributed by atoms with E-state index in [1.807, 2.05) is 20.8 Å². The number of rotatable bonds is 3. The molecule has 4 aromatic rings. The molecule has 0 saturated heterocycles. The minimum absolute atomic E-state index is 0.124. The van der Waals surface area contributed by atoms with Crippen LogP contribution in [0.25, 0.3) is 16.6 Å². The highest BCUT2D eigenvalue weighted by molar-refractivity contribution is 5.92. The van der Waals surface area contributed by atoms with Crippen LogP contribution in [0.3, 0.4) is 0 Å². The monoisotopic (exact) mass is 406 g/mol. The van der Waals surface area contributed by atoms with E-state index in [2.05, 4.69) is 25.0 Å². The third kappa shape index (κ3) is 2.88. The minimum Gasteiger partial charge on any atom is -0.368 e. The molecule has 1 aromatic carbocycles. The Labute approximate surface area is 172 Å². The van der Waals surface area contributed by atoms with Gasteiger partial charge < -0.3 is 11.5 Å². The van der Waals surface area contributed by atoms with E-state index in [-0.39, 0.29) is 17.4 Å². The molecule has 1 aliphatic carbocycles. The first kappa shape index (κ1) is 18.8. The first-order valence-electron chi connectivity index (χ1n) is 9.95. The highest BCUT2D eigenvalue weighted by Crippen LogP contribution is 2.46. The number of para-hydroxylation sites is 1. The normalized spacial score (nSPS) is 19.4. The quantitative estimate of drug-likeness (QED) is 0.536. The summed E-state index contributed by atoms with van der Waals surface area (Å²) in [6, 6.07) is 4.78. The van der Waals surface area contributed by atoms with Crippen LogP contribution in [-0.2, 0) is 5.54 Å². The van der Waals surface area contributed by atoms with Crippen molar-refractivity contribution in [2.24, 2.45) is 5.73 Å². The van der Waals surface area contributed by atoms with Crippen molar-refractivity contribution in [3.63, 3.8) is 0 Å². The topological polar surface area (TPSA) is 121 Å². The fraction of sp³-hybridized carbons (Fsp3) is 0.381. The molecule has 9 heteroatoms. The number of aromatic nitrogens is 6. The Morgan fingerprint density at radius 1 is 1.13 bits per heavy atom. The molecule has 154 valence electrons. The van der Waals surface area contributed by atoms with Crippen molar-refractivity contribution in [3.8, 4) is 0 Å². The van der Waals surface area contributed by atoms with E-state index in [9.17, 15) is 4.39 Å². The van der Waals surface area contributed by atoms with Crippen LogP contribution in [-0.4, -0.2) is 29.5 Å². The molecule has 0 atom stereocenters. The second-order valence-electron chi connectivity index (χ2n) is 8.62. The van der Waals surface area contributed by atoms with Gasteiger partial charge in [-0.25, -0.2) is 14.4 Å². The molecule has 3 aromatic heterocycles. The predicted octanol–water partition coefficient (Wildman–Crippen LogP) is 2.95. The van der Waals surface area contributed by atoms with Crippen LogP contribution in [0.4, 0.5) is 10.3 Å². The van der Waals surface area contributed by atoms with Crippen molar-refractivity contribution in [3.05, 3.63) is 53.1 Å². The van der Waals surface area contributed by atoms with Crippen molar-refractivity contribution in [2.75, 3.05) is 5.73 Å². The number of nitrogens with zero attached hydrogens (tertiary/aromatic N) is 6. The molecule has 0 radical (unpaired) electrons. The lowest BCUT2D eigenvalue weighted by molar-refractivity contribution is 0.329. The zero-order valence-electron chi connectivity index (χ0n) is 17.1. The first-order valence-corrected chi connectivity index (χ1v) is 9.95. The summed E-state index contributed by atoms with van der Waals surface area (Å²) in [7, 11) is 0. The van der Waals surface area contributed by atoms with Crippen LogP contribution in [0.15, 0.2) is 24.4 Å². The molecule has 0 spiro atoms. The Morgan fingerprint density at radius 2 is 1.90 bits per heavy atom. The number of benzene rings is 1. The average Bonchev–Trinajstić information content (AvgIpc) is 3.08. The number of nitrogen functional groups attached to an aromatic ring is 1. The number of fused-ring (bicyclic) bond motifs is 3. The van der Waals surface area contributed by atoms with E-state index in [1.165, 1.54) is 10.6 Å². The van der Waals surface area contributed by atoms with Gasteiger partial charge in [-0.05, 0) is 45.7 Å². The summed E-state index contributed by atoms with van der Waals surface area (Å²) in [5.74, 6) is 0.882. The van der Waals surface area contributed by atoms with Gasteiger partial charge >= 0.3 is 0 Å². The molecule has 1 aliphatic rings. The number of nitrogens with two attached hydrogens (primary N) is 2. The van der Waals surface area contributed by atoms with Crippen LogP contribution in [0.2, 0.25) is 0 Å². The van der Waals surface area contributed by atoms with Gasteiger partial charge in [0, 0.05) is 17.2 Å². The second-order valence-corrected chi connectivity index (χ2v) is 8.62. The van der Waals surface area contributed by atoms with E-state index < -0.39 is 11.4 Å². The summed E-state index contributed by atoms with van der Waals surface area (Å²) < 4.78 is 15.6. The maximum atomic E-state index is 14.1. The fourth-order valence-corrected chi connectivity index (χ4v) is 4.06. The van der Waals surface area contributed by atoms with Gasteiger partial charge in [0.1, 0.15) is 11.3 Å². The Bertz CT molecular complexity index is 1280. The van der Waals surface area contributed by atoms with Crippen LogP contribution in [0, 0.1) is 12.7 Å². The molecule has 0 aliphatic heterocycles. The number of anilines is 1. The van der Waals surface area contributed by atoms with Gasteiger partial charge in [0.25, 0.3) is 0 Å². The predicted molar refractivity (Wildman–Crippen MR) is 111 cm³/mol. The highest BCUT2D eigenvalue weighted by Gasteiger charge is 2.36. The Hall–Kier alpha value is -3.20. The molecule has 3 heterocycles. The number of hydrogen-bond acceptors (Lipinski definition) is 7. The van der Waals surface area contributed by atoms with Crippen LogP contribution in [0.1, 0.15) is 61.4 Å². The lowest BCUT2D eigenvalue weighted by Crippen LogP contribution is -2.31. The molecule has 0 unspecified atom stereocenters.